The molecular weight excluding hydrogens is 336 g/mol. The van der Waals surface area contributed by atoms with E-state index in [0.29, 0.717) is 21.7 Å². The van der Waals surface area contributed by atoms with Crippen molar-refractivity contribution >= 4 is 46.0 Å². The molecule has 2 aromatic rings. The summed E-state index contributed by atoms with van der Waals surface area (Å²) in [6.07, 6.45) is 3.86. The van der Waals surface area contributed by atoms with E-state index in [1.54, 1.807) is 0 Å². The van der Waals surface area contributed by atoms with Gasteiger partial charge in [-0.2, -0.15) is 0 Å². The van der Waals surface area contributed by atoms with Gasteiger partial charge in [-0.25, -0.2) is 15.0 Å². The molecule has 23 heavy (non-hydrogen) atoms. The number of aldehydes is 1. The lowest BCUT2D eigenvalue weighted by Crippen LogP contribution is -2.47. The predicted molar refractivity (Wildman–Crippen MR) is 92.2 cm³/mol. The Morgan fingerprint density at radius 2 is 2.09 bits per heavy atom. The van der Waals surface area contributed by atoms with Crippen LogP contribution in [0.2, 0.25) is 0 Å². The Hall–Kier alpha value is -1.77. The molecule has 122 valence electrons. The Labute approximate surface area is 143 Å². The van der Waals surface area contributed by atoms with E-state index in [1.807, 2.05) is 6.07 Å². The van der Waals surface area contributed by atoms with Crippen LogP contribution in [0, 0.1) is 0 Å². The zero-order chi connectivity index (χ0) is 16.1. The Bertz CT molecular complexity index is 658. The minimum Gasteiger partial charge on any atom is -0.354 e. The highest BCUT2D eigenvalue weighted by molar-refractivity contribution is 7.17. The van der Waals surface area contributed by atoms with Crippen LogP contribution in [0.15, 0.2) is 18.6 Å². The summed E-state index contributed by atoms with van der Waals surface area (Å²) in [4.78, 5) is 28.6. The molecule has 0 aliphatic carbocycles. The average molecular weight is 353 g/mol. The van der Waals surface area contributed by atoms with E-state index in [9.17, 15) is 4.79 Å². The Balaban J connectivity index is 1.64. The van der Waals surface area contributed by atoms with E-state index < -0.39 is 0 Å². The molecule has 0 aromatic carbocycles. The summed E-state index contributed by atoms with van der Waals surface area (Å²) in [6.45, 7) is 4.72. The van der Waals surface area contributed by atoms with Crippen molar-refractivity contribution in [2.75, 3.05) is 48.8 Å². The van der Waals surface area contributed by atoms with Gasteiger partial charge in [0.2, 0.25) is 0 Å². The van der Waals surface area contributed by atoms with E-state index in [0.717, 1.165) is 44.8 Å². The summed E-state index contributed by atoms with van der Waals surface area (Å²) >= 11 is 7.08. The largest absolute Gasteiger partial charge is 0.354 e. The molecule has 1 N–H and O–H groups in total. The maximum Gasteiger partial charge on any atom is 0.188 e. The molecule has 0 saturated carbocycles. The molecule has 0 bridgehead atoms. The lowest BCUT2D eigenvalue weighted by Gasteiger charge is -2.35. The third kappa shape index (κ3) is 4.15. The zero-order valence-corrected chi connectivity index (χ0v) is 14.1. The van der Waals surface area contributed by atoms with Crippen LogP contribution in [-0.2, 0) is 0 Å². The lowest BCUT2D eigenvalue weighted by molar-refractivity contribution is 0.112. The number of anilines is 3. The molecule has 3 rings (SSSR count). The standard InChI is InChI=1S/C14H17ClN6OS/c15-1-2-20-3-5-21(6-4-20)13-7-12(17-10-18-13)19-14-16-8-11(9-22)23-14/h7-10H,1-6H2,(H,16,17,18,19). The fraction of sp³-hybridized carbons (Fsp3) is 0.429. The number of rotatable bonds is 6. The third-order valence-corrected chi connectivity index (χ3v) is 4.63. The number of hydrogen-bond donors (Lipinski definition) is 1. The summed E-state index contributed by atoms with van der Waals surface area (Å²) in [5.74, 6) is 2.23. The summed E-state index contributed by atoms with van der Waals surface area (Å²) in [5.41, 5.74) is 0. The Morgan fingerprint density at radius 3 is 2.78 bits per heavy atom. The topological polar surface area (TPSA) is 74.2 Å². The molecule has 7 nitrogen and oxygen atoms in total. The first-order chi connectivity index (χ1) is 11.3. The number of thiazole rings is 1. The number of aromatic nitrogens is 3. The zero-order valence-electron chi connectivity index (χ0n) is 12.5. The Kier molecular flexibility index (Phi) is 5.37. The molecule has 0 spiro atoms. The highest BCUT2D eigenvalue weighted by atomic mass is 35.5. The fourth-order valence-corrected chi connectivity index (χ4v) is 3.29. The van der Waals surface area contributed by atoms with Crippen molar-refractivity contribution in [2.45, 2.75) is 0 Å². The van der Waals surface area contributed by atoms with Gasteiger partial charge in [0.05, 0.1) is 11.1 Å². The van der Waals surface area contributed by atoms with Gasteiger partial charge in [0, 0.05) is 44.7 Å². The maximum absolute atomic E-state index is 10.7. The molecule has 3 heterocycles. The minimum atomic E-state index is 0.581. The van der Waals surface area contributed by atoms with Crippen molar-refractivity contribution in [1.29, 1.82) is 0 Å². The molecule has 0 unspecified atom stereocenters. The van der Waals surface area contributed by atoms with Gasteiger partial charge in [-0.05, 0) is 0 Å². The van der Waals surface area contributed by atoms with Gasteiger partial charge in [-0.15, -0.1) is 11.6 Å². The second kappa shape index (κ2) is 7.67. The van der Waals surface area contributed by atoms with Crippen molar-refractivity contribution in [1.82, 2.24) is 19.9 Å². The van der Waals surface area contributed by atoms with Crippen molar-refractivity contribution in [3.63, 3.8) is 0 Å². The number of piperazine rings is 1. The van der Waals surface area contributed by atoms with Crippen molar-refractivity contribution in [3.8, 4) is 0 Å². The summed E-state index contributed by atoms with van der Waals surface area (Å²) in [7, 11) is 0. The highest BCUT2D eigenvalue weighted by Crippen LogP contribution is 2.22. The van der Waals surface area contributed by atoms with Gasteiger partial charge < -0.3 is 10.2 Å². The van der Waals surface area contributed by atoms with Gasteiger partial charge in [0.15, 0.2) is 11.4 Å². The first-order valence-electron chi connectivity index (χ1n) is 7.32. The van der Waals surface area contributed by atoms with Crippen LogP contribution in [0.4, 0.5) is 16.8 Å². The predicted octanol–water partition coefficient (Wildman–Crippen LogP) is 1.85. The van der Waals surface area contributed by atoms with Gasteiger partial charge in [-0.3, -0.25) is 9.69 Å². The smallest absolute Gasteiger partial charge is 0.188 e. The molecule has 0 amide bonds. The molecular formula is C14H17ClN6OS. The second-order valence-electron chi connectivity index (χ2n) is 5.09. The quantitative estimate of drug-likeness (QED) is 0.628. The van der Waals surface area contributed by atoms with Crippen LogP contribution in [0.5, 0.6) is 0 Å². The van der Waals surface area contributed by atoms with E-state index in [1.165, 1.54) is 23.9 Å². The number of carbonyl (C=O) groups excluding carboxylic acids is 1. The van der Waals surface area contributed by atoms with Gasteiger partial charge in [-0.1, -0.05) is 11.3 Å². The van der Waals surface area contributed by atoms with Crippen LogP contribution in [0.1, 0.15) is 9.67 Å². The van der Waals surface area contributed by atoms with Crippen LogP contribution in [0.25, 0.3) is 0 Å². The normalized spacial score (nSPS) is 15.6. The molecule has 1 aliphatic rings. The molecule has 0 atom stereocenters. The first kappa shape index (κ1) is 16.1. The van der Waals surface area contributed by atoms with Crippen LogP contribution in [-0.4, -0.2) is 64.7 Å². The number of nitrogens with zero attached hydrogens (tertiary/aromatic N) is 5. The maximum atomic E-state index is 10.7. The molecule has 1 fully saturated rings. The second-order valence-corrected chi connectivity index (χ2v) is 6.53. The minimum absolute atomic E-state index is 0.581. The van der Waals surface area contributed by atoms with Crippen LogP contribution in [0.3, 0.4) is 0 Å². The van der Waals surface area contributed by atoms with Gasteiger partial charge >= 0.3 is 0 Å². The molecule has 0 radical (unpaired) electrons. The van der Waals surface area contributed by atoms with E-state index in [4.69, 9.17) is 11.6 Å². The number of alkyl halides is 1. The Morgan fingerprint density at radius 1 is 1.26 bits per heavy atom. The first-order valence-corrected chi connectivity index (χ1v) is 8.67. The van der Waals surface area contributed by atoms with Crippen molar-refractivity contribution < 1.29 is 4.79 Å². The average Bonchev–Trinajstić information content (AvgIpc) is 3.04. The molecule has 1 saturated heterocycles. The van der Waals surface area contributed by atoms with E-state index in [-0.39, 0.29) is 0 Å². The monoisotopic (exact) mass is 352 g/mol. The van der Waals surface area contributed by atoms with E-state index in [2.05, 4.69) is 30.1 Å². The number of nitrogens with one attached hydrogen (secondary N) is 1. The summed E-state index contributed by atoms with van der Waals surface area (Å²) in [6, 6.07) is 1.90. The highest BCUT2D eigenvalue weighted by Gasteiger charge is 2.18. The molecule has 1 aliphatic heterocycles. The number of carbonyl (C=O) groups is 1. The number of hydrogen-bond acceptors (Lipinski definition) is 8. The molecule has 9 heteroatoms. The lowest BCUT2D eigenvalue weighted by atomic mass is 10.3. The van der Waals surface area contributed by atoms with Crippen molar-refractivity contribution in [2.24, 2.45) is 0 Å². The fourth-order valence-electron chi connectivity index (χ4n) is 2.42. The summed E-state index contributed by atoms with van der Waals surface area (Å²) in [5, 5.41) is 3.75. The molecule has 2 aromatic heterocycles. The van der Waals surface area contributed by atoms with E-state index >= 15 is 0 Å². The summed E-state index contributed by atoms with van der Waals surface area (Å²) < 4.78 is 0. The number of halogens is 1. The van der Waals surface area contributed by atoms with Crippen LogP contribution < -0.4 is 10.2 Å². The third-order valence-electron chi connectivity index (χ3n) is 3.62. The SMILES string of the molecule is O=Cc1cnc(Nc2cc(N3CCN(CCCl)CC3)ncn2)s1. The van der Waals surface area contributed by atoms with Crippen molar-refractivity contribution in [3.05, 3.63) is 23.5 Å². The van der Waals surface area contributed by atoms with Crippen LogP contribution >= 0.6 is 22.9 Å². The van der Waals surface area contributed by atoms with Gasteiger partial charge in [0.1, 0.15) is 18.0 Å². The van der Waals surface area contributed by atoms with Gasteiger partial charge in [0.25, 0.3) is 0 Å².